The maximum Gasteiger partial charge on any atom is 0.250 e. The zero-order valence-corrected chi connectivity index (χ0v) is 26.6. The quantitative estimate of drug-likeness (QED) is 0.277. The Kier molecular flexibility index (Phi) is 9.65. The fourth-order valence-electron chi connectivity index (χ4n) is 7.88. The van der Waals surface area contributed by atoms with Crippen LogP contribution >= 0.6 is 0 Å². The molecule has 1 spiro atoms. The van der Waals surface area contributed by atoms with Gasteiger partial charge in [0.2, 0.25) is 17.7 Å². The number of rotatable bonds is 14. The lowest BCUT2D eigenvalue weighted by molar-refractivity contribution is -0.146. The SMILES string of the molecule is CCN(CC)c1ccc(NC(=O)C2N(CCCCCCO)C(=O)[C@@H]3[C@@H](C(=O)NCc4ccccc4)[C@]4(C)OC23CC4C)cc1. The minimum Gasteiger partial charge on any atom is -0.396 e. The summed E-state index contributed by atoms with van der Waals surface area (Å²) in [5.74, 6) is -2.14. The highest BCUT2D eigenvalue weighted by molar-refractivity contribution is 6.03. The van der Waals surface area contributed by atoms with E-state index in [1.54, 1.807) is 4.90 Å². The fourth-order valence-corrected chi connectivity index (χ4v) is 7.88. The number of fused-ring (bicyclic) bond motifs is 1. The van der Waals surface area contributed by atoms with Crippen molar-refractivity contribution in [1.29, 1.82) is 0 Å². The van der Waals surface area contributed by atoms with Crippen molar-refractivity contribution in [3.63, 3.8) is 0 Å². The number of benzene rings is 2. The number of hydrogen-bond donors (Lipinski definition) is 3. The number of likely N-dealkylation sites (tertiary alicyclic amines) is 1. The van der Waals surface area contributed by atoms with Crippen LogP contribution in [-0.2, 0) is 25.7 Å². The number of unbranched alkanes of at least 4 members (excludes halogenated alkanes) is 3. The highest BCUT2D eigenvalue weighted by Gasteiger charge is 2.79. The molecule has 6 atom stereocenters. The van der Waals surface area contributed by atoms with E-state index in [4.69, 9.17) is 4.74 Å². The molecule has 2 aromatic carbocycles. The van der Waals surface area contributed by atoms with Gasteiger partial charge < -0.3 is 30.3 Å². The number of aliphatic hydroxyl groups excluding tert-OH is 1. The molecule has 3 heterocycles. The topological polar surface area (TPSA) is 111 Å². The molecule has 3 aliphatic rings. The summed E-state index contributed by atoms with van der Waals surface area (Å²) >= 11 is 0. The van der Waals surface area contributed by atoms with Crippen molar-refractivity contribution in [3.8, 4) is 0 Å². The Morgan fingerprint density at radius 3 is 2.34 bits per heavy atom. The molecule has 3 N–H and O–H groups in total. The molecule has 2 bridgehead atoms. The van der Waals surface area contributed by atoms with Crippen LogP contribution < -0.4 is 15.5 Å². The number of nitrogens with one attached hydrogen (secondary N) is 2. The van der Waals surface area contributed by atoms with Crippen LogP contribution in [0.5, 0.6) is 0 Å². The van der Waals surface area contributed by atoms with E-state index in [9.17, 15) is 19.5 Å². The molecule has 3 fully saturated rings. The van der Waals surface area contributed by atoms with Crippen molar-refractivity contribution >= 4 is 29.1 Å². The predicted octanol–water partition coefficient (Wildman–Crippen LogP) is 4.35. The lowest BCUT2D eigenvalue weighted by Crippen LogP contribution is -2.54. The molecule has 2 aromatic rings. The summed E-state index contributed by atoms with van der Waals surface area (Å²) in [5.41, 5.74) is 0.764. The third-order valence-electron chi connectivity index (χ3n) is 10.2. The molecule has 238 valence electrons. The first-order valence-electron chi connectivity index (χ1n) is 16.3. The van der Waals surface area contributed by atoms with Crippen molar-refractivity contribution < 1.29 is 24.2 Å². The van der Waals surface area contributed by atoms with Gasteiger partial charge in [0.1, 0.15) is 11.6 Å². The number of carbonyl (C=O) groups is 3. The molecule has 9 nitrogen and oxygen atoms in total. The van der Waals surface area contributed by atoms with Gasteiger partial charge >= 0.3 is 0 Å². The smallest absolute Gasteiger partial charge is 0.250 e. The van der Waals surface area contributed by atoms with Gasteiger partial charge in [-0.25, -0.2) is 0 Å². The van der Waals surface area contributed by atoms with Gasteiger partial charge in [0.25, 0.3) is 0 Å². The van der Waals surface area contributed by atoms with Crippen molar-refractivity contribution in [2.75, 3.05) is 36.5 Å². The van der Waals surface area contributed by atoms with Gasteiger partial charge in [-0.15, -0.1) is 0 Å². The van der Waals surface area contributed by atoms with Crippen LogP contribution in [0.1, 0.15) is 65.4 Å². The molecule has 0 saturated carbocycles. The van der Waals surface area contributed by atoms with E-state index in [0.29, 0.717) is 38.0 Å². The largest absolute Gasteiger partial charge is 0.396 e. The summed E-state index contributed by atoms with van der Waals surface area (Å²) in [4.78, 5) is 46.4. The second-order valence-corrected chi connectivity index (χ2v) is 12.8. The van der Waals surface area contributed by atoms with Crippen molar-refractivity contribution in [1.82, 2.24) is 10.2 Å². The lowest BCUT2D eigenvalue weighted by Gasteiger charge is -2.36. The Labute approximate surface area is 261 Å². The van der Waals surface area contributed by atoms with Crippen molar-refractivity contribution in [2.24, 2.45) is 17.8 Å². The van der Waals surface area contributed by atoms with Crippen LogP contribution in [0.2, 0.25) is 0 Å². The number of carbonyl (C=O) groups excluding carboxylic acids is 3. The lowest BCUT2D eigenvalue weighted by atomic mass is 9.62. The highest BCUT2D eigenvalue weighted by Crippen LogP contribution is 2.65. The van der Waals surface area contributed by atoms with E-state index in [1.165, 1.54) is 0 Å². The predicted molar refractivity (Wildman–Crippen MR) is 171 cm³/mol. The Bertz CT molecular complexity index is 1320. The molecule has 3 amide bonds. The molecule has 0 radical (unpaired) electrons. The molecule has 0 aliphatic carbocycles. The fraction of sp³-hybridized carbons (Fsp3) is 0.571. The van der Waals surface area contributed by atoms with Gasteiger partial charge in [-0.05, 0) is 75.8 Å². The first kappa shape index (κ1) is 32.0. The van der Waals surface area contributed by atoms with Crippen LogP contribution in [0, 0.1) is 17.8 Å². The number of nitrogens with zero attached hydrogens (tertiary/aromatic N) is 2. The van der Waals surface area contributed by atoms with E-state index in [0.717, 1.165) is 37.2 Å². The Morgan fingerprint density at radius 1 is 1.00 bits per heavy atom. The van der Waals surface area contributed by atoms with Crippen LogP contribution in [0.3, 0.4) is 0 Å². The average Bonchev–Trinajstić information content (AvgIpc) is 3.54. The Balaban J connectivity index is 1.42. The monoisotopic (exact) mass is 604 g/mol. The molecule has 3 saturated heterocycles. The molecular formula is C35H48N4O5. The number of ether oxygens (including phenoxy) is 1. The minimum absolute atomic E-state index is 0.0211. The highest BCUT2D eigenvalue weighted by atomic mass is 16.5. The second kappa shape index (κ2) is 13.3. The van der Waals surface area contributed by atoms with E-state index in [1.807, 2.05) is 61.5 Å². The number of hydrogen-bond acceptors (Lipinski definition) is 6. The molecular weight excluding hydrogens is 556 g/mol. The normalized spacial score (nSPS) is 28.7. The molecule has 3 aliphatic heterocycles. The van der Waals surface area contributed by atoms with Gasteiger partial charge in [-0.1, -0.05) is 50.1 Å². The van der Waals surface area contributed by atoms with Gasteiger partial charge in [0.15, 0.2) is 0 Å². The van der Waals surface area contributed by atoms with Crippen LogP contribution in [0.25, 0.3) is 0 Å². The maximum atomic E-state index is 14.3. The summed E-state index contributed by atoms with van der Waals surface area (Å²) in [7, 11) is 0. The van der Waals surface area contributed by atoms with E-state index < -0.39 is 29.1 Å². The molecule has 3 unspecified atom stereocenters. The van der Waals surface area contributed by atoms with Gasteiger partial charge in [-0.2, -0.15) is 0 Å². The molecule has 44 heavy (non-hydrogen) atoms. The van der Waals surface area contributed by atoms with Crippen LogP contribution in [0.15, 0.2) is 54.6 Å². The molecule has 0 aromatic heterocycles. The van der Waals surface area contributed by atoms with E-state index in [-0.39, 0.29) is 30.2 Å². The van der Waals surface area contributed by atoms with Crippen molar-refractivity contribution in [3.05, 3.63) is 60.2 Å². The standard InChI is InChI=1S/C35H48N4O5/c1-5-38(6-2)27-18-16-26(17-19-27)37-32(42)30-35-22-24(3)34(4,44-35)28(31(41)36-23-25-14-10-9-11-15-25)29(35)33(43)39(30)20-12-7-8-13-21-40/h9-11,14-19,24,28-30,40H,5-8,12-13,20-23H2,1-4H3,(H,36,41)(H,37,42)/t24?,28-,29-,30?,34+,35?/m0/s1. The van der Waals surface area contributed by atoms with E-state index in [2.05, 4.69) is 36.3 Å². The Hall–Kier alpha value is -3.43. The molecule has 5 rings (SSSR count). The summed E-state index contributed by atoms with van der Waals surface area (Å²) in [6, 6.07) is 16.6. The summed E-state index contributed by atoms with van der Waals surface area (Å²) in [6.45, 7) is 10.9. The minimum atomic E-state index is -1.09. The van der Waals surface area contributed by atoms with E-state index >= 15 is 0 Å². The zero-order valence-electron chi connectivity index (χ0n) is 26.6. The summed E-state index contributed by atoms with van der Waals surface area (Å²) < 4.78 is 6.84. The third kappa shape index (κ3) is 5.72. The zero-order chi connectivity index (χ0) is 31.5. The van der Waals surface area contributed by atoms with Crippen LogP contribution in [-0.4, -0.2) is 71.2 Å². The van der Waals surface area contributed by atoms with Crippen LogP contribution in [0.4, 0.5) is 11.4 Å². The maximum absolute atomic E-state index is 14.3. The summed E-state index contributed by atoms with van der Waals surface area (Å²) in [5, 5.41) is 15.4. The van der Waals surface area contributed by atoms with Gasteiger partial charge in [0.05, 0.1) is 17.4 Å². The number of aliphatic hydroxyl groups is 1. The number of anilines is 2. The second-order valence-electron chi connectivity index (χ2n) is 12.8. The van der Waals surface area contributed by atoms with Gasteiger partial charge in [0, 0.05) is 44.2 Å². The first-order valence-corrected chi connectivity index (χ1v) is 16.3. The average molecular weight is 605 g/mol. The van der Waals surface area contributed by atoms with Gasteiger partial charge in [-0.3, -0.25) is 14.4 Å². The third-order valence-corrected chi connectivity index (χ3v) is 10.2. The Morgan fingerprint density at radius 2 is 1.68 bits per heavy atom. The molecule has 9 heteroatoms. The van der Waals surface area contributed by atoms with Crippen molar-refractivity contribution in [2.45, 2.75) is 83.6 Å². The number of amides is 3. The summed E-state index contributed by atoms with van der Waals surface area (Å²) in [6.07, 6.45) is 3.62. The first-order chi connectivity index (χ1) is 21.2.